The van der Waals surface area contributed by atoms with Gasteiger partial charge in [0.25, 0.3) is 0 Å². The predicted molar refractivity (Wildman–Crippen MR) is 40.8 cm³/mol. The van der Waals surface area contributed by atoms with Gasteiger partial charge in [0.15, 0.2) is 0 Å². The molecule has 0 saturated carbocycles. The minimum Gasteiger partial charge on any atom is -0.259 e. The van der Waals surface area contributed by atoms with Crippen LogP contribution in [0.1, 0.15) is 20.8 Å². The van der Waals surface area contributed by atoms with Crippen LogP contribution in [0.2, 0.25) is 0 Å². The summed E-state index contributed by atoms with van der Waals surface area (Å²) in [6.07, 6.45) is 0. The first kappa shape index (κ1) is 7.00. The SMILES string of the molecule is CC1=C(C)C(C)S(=O)C1. The van der Waals surface area contributed by atoms with Gasteiger partial charge in [-0.2, -0.15) is 0 Å². The molecule has 0 amide bonds. The second-order valence-electron chi connectivity index (χ2n) is 2.63. The second-order valence-corrected chi connectivity index (χ2v) is 4.39. The van der Waals surface area contributed by atoms with Crippen molar-refractivity contribution in [3.8, 4) is 0 Å². The Labute approximate surface area is 58.6 Å². The van der Waals surface area contributed by atoms with E-state index in [1.165, 1.54) is 11.1 Å². The molecule has 0 N–H and O–H groups in total. The maximum atomic E-state index is 11.1. The van der Waals surface area contributed by atoms with Gasteiger partial charge >= 0.3 is 0 Å². The molecule has 52 valence electrons. The van der Waals surface area contributed by atoms with Crippen LogP contribution in [0, 0.1) is 0 Å². The van der Waals surface area contributed by atoms with Crippen molar-refractivity contribution < 1.29 is 4.21 Å². The molecule has 0 aromatic heterocycles. The van der Waals surface area contributed by atoms with Gasteiger partial charge in [0.1, 0.15) is 0 Å². The largest absolute Gasteiger partial charge is 0.259 e. The van der Waals surface area contributed by atoms with E-state index >= 15 is 0 Å². The van der Waals surface area contributed by atoms with Gasteiger partial charge in [-0.05, 0) is 20.8 Å². The van der Waals surface area contributed by atoms with Gasteiger partial charge in [0.2, 0.25) is 0 Å². The van der Waals surface area contributed by atoms with Crippen LogP contribution in [-0.2, 0) is 10.8 Å². The van der Waals surface area contributed by atoms with Gasteiger partial charge in [0.05, 0.1) is 5.25 Å². The first-order chi connectivity index (χ1) is 4.13. The topological polar surface area (TPSA) is 17.1 Å². The van der Waals surface area contributed by atoms with Crippen molar-refractivity contribution >= 4 is 10.8 Å². The van der Waals surface area contributed by atoms with E-state index in [4.69, 9.17) is 0 Å². The molecule has 1 aliphatic heterocycles. The van der Waals surface area contributed by atoms with E-state index in [2.05, 4.69) is 13.8 Å². The maximum absolute atomic E-state index is 11.1. The molecular weight excluding hydrogens is 132 g/mol. The lowest BCUT2D eigenvalue weighted by Gasteiger charge is -1.99. The van der Waals surface area contributed by atoms with Crippen molar-refractivity contribution in [1.82, 2.24) is 0 Å². The smallest absolute Gasteiger partial charge is 0.0532 e. The van der Waals surface area contributed by atoms with E-state index in [1.807, 2.05) is 6.92 Å². The Morgan fingerprint density at radius 3 is 2.22 bits per heavy atom. The van der Waals surface area contributed by atoms with E-state index in [9.17, 15) is 4.21 Å². The molecule has 0 saturated heterocycles. The van der Waals surface area contributed by atoms with Crippen molar-refractivity contribution in [1.29, 1.82) is 0 Å². The van der Waals surface area contributed by atoms with Crippen LogP contribution in [0.15, 0.2) is 11.1 Å². The molecule has 1 aliphatic rings. The summed E-state index contributed by atoms with van der Waals surface area (Å²) in [6, 6.07) is 0. The van der Waals surface area contributed by atoms with E-state index in [-0.39, 0.29) is 0 Å². The van der Waals surface area contributed by atoms with Gasteiger partial charge < -0.3 is 0 Å². The Balaban J connectivity index is 2.87. The van der Waals surface area contributed by atoms with E-state index in [0.29, 0.717) is 5.25 Å². The lowest BCUT2D eigenvalue weighted by Crippen LogP contribution is -2.05. The van der Waals surface area contributed by atoms with Gasteiger partial charge in [-0.15, -0.1) is 0 Å². The molecule has 0 aromatic carbocycles. The highest BCUT2D eigenvalue weighted by Crippen LogP contribution is 2.22. The summed E-state index contributed by atoms with van der Waals surface area (Å²) in [6.45, 7) is 6.17. The fraction of sp³-hybridized carbons (Fsp3) is 0.714. The zero-order valence-electron chi connectivity index (χ0n) is 6.10. The fourth-order valence-electron chi connectivity index (χ4n) is 0.996. The van der Waals surface area contributed by atoms with Crippen molar-refractivity contribution in [3.05, 3.63) is 11.1 Å². The third kappa shape index (κ3) is 1.08. The quantitative estimate of drug-likeness (QED) is 0.471. The molecule has 0 bridgehead atoms. The summed E-state index contributed by atoms with van der Waals surface area (Å²) in [5.74, 6) is 0.799. The average Bonchev–Trinajstić information content (AvgIpc) is 1.98. The molecule has 2 unspecified atom stereocenters. The maximum Gasteiger partial charge on any atom is 0.0532 e. The van der Waals surface area contributed by atoms with Gasteiger partial charge in [0, 0.05) is 16.6 Å². The molecular formula is C7H12OS. The lowest BCUT2D eigenvalue weighted by atomic mass is 10.1. The van der Waals surface area contributed by atoms with Crippen LogP contribution in [0.4, 0.5) is 0 Å². The molecule has 1 rings (SSSR count). The minimum atomic E-state index is -0.602. The molecule has 2 heteroatoms. The van der Waals surface area contributed by atoms with Gasteiger partial charge in [-0.1, -0.05) is 11.1 Å². The Morgan fingerprint density at radius 1 is 1.56 bits per heavy atom. The zero-order chi connectivity index (χ0) is 7.02. The molecule has 2 atom stereocenters. The fourth-order valence-corrected chi connectivity index (χ4v) is 2.50. The Hall–Kier alpha value is -0.110. The van der Waals surface area contributed by atoms with E-state index < -0.39 is 10.8 Å². The van der Waals surface area contributed by atoms with Crippen LogP contribution in [0.5, 0.6) is 0 Å². The summed E-state index contributed by atoms with van der Waals surface area (Å²) < 4.78 is 11.1. The van der Waals surface area contributed by atoms with Gasteiger partial charge in [-0.3, -0.25) is 4.21 Å². The molecule has 0 fully saturated rings. The summed E-state index contributed by atoms with van der Waals surface area (Å²) in [5, 5.41) is 0.310. The molecule has 0 aliphatic carbocycles. The monoisotopic (exact) mass is 144 g/mol. The normalized spacial score (nSPS) is 35.9. The molecule has 9 heavy (non-hydrogen) atoms. The summed E-state index contributed by atoms with van der Waals surface area (Å²) in [4.78, 5) is 0. The summed E-state index contributed by atoms with van der Waals surface area (Å²) in [7, 11) is -0.602. The van der Waals surface area contributed by atoms with Crippen molar-refractivity contribution in [2.45, 2.75) is 26.0 Å². The Kier molecular flexibility index (Phi) is 1.75. The van der Waals surface area contributed by atoms with Crippen LogP contribution in [-0.4, -0.2) is 15.2 Å². The molecule has 1 nitrogen and oxygen atoms in total. The first-order valence-electron chi connectivity index (χ1n) is 3.16. The third-order valence-corrected chi connectivity index (χ3v) is 3.90. The van der Waals surface area contributed by atoms with Crippen LogP contribution in [0.25, 0.3) is 0 Å². The number of hydrogen-bond donors (Lipinski definition) is 0. The molecule has 1 heterocycles. The summed E-state index contributed by atoms with van der Waals surface area (Å²) >= 11 is 0. The predicted octanol–water partition coefficient (Wildman–Crippen LogP) is 1.47. The first-order valence-corrected chi connectivity index (χ1v) is 4.54. The molecule has 0 spiro atoms. The van der Waals surface area contributed by atoms with Crippen LogP contribution >= 0.6 is 0 Å². The Bertz CT molecular complexity index is 181. The highest BCUT2D eigenvalue weighted by Gasteiger charge is 2.21. The number of hydrogen-bond acceptors (Lipinski definition) is 1. The lowest BCUT2D eigenvalue weighted by molar-refractivity contribution is 0.682. The molecule has 0 aromatic rings. The third-order valence-electron chi connectivity index (χ3n) is 2.04. The highest BCUT2D eigenvalue weighted by molar-refractivity contribution is 7.86. The standard InChI is InChI=1S/C7H12OS/c1-5-4-9(8)7(3)6(5)2/h7H,4H2,1-3H3. The average molecular weight is 144 g/mol. The Morgan fingerprint density at radius 2 is 2.11 bits per heavy atom. The van der Waals surface area contributed by atoms with Crippen molar-refractivity contribution in [2.24, 2.45) is 0 Å². The van der Waals surface area contributed by atoms with E-state index in [0.717, 1.165) is 5.75 Å². The highest BCUT2D eigenvalue weighted by atomic mass is 32.2. The van der Waals surface area contributed by atoms with Gasteiger partial charge in [-0.25, -0.2) is 0 Å². The summed E-state index contributed by atoms with van der Waals surface area (Å²) in [5.41, 5.74) is 2.65. The van der Waals surface area contributed by atoms with Crippen molar-refractivity contribution in [2.75, 3.05) is 5.75 Å². The van der Waals surface area contributed by atoms with E-state index in [1.54, 1.807) is 0 Å². The van der Waals surface area contributed by atoms with Crippen molar-refractivity contribution in [3.63, 3.8) is 0 Å². The van der Waals surface area contributed by atoms with Crippen LogP contribution in [0.3, 0.4) is 0 Å². The molecule has 0 radical (unpaired) electrons. The van der Waals surface area contributed by atoms with Crippen LogP contribution < -0.4 is 0 Å². The second kappa shape index (κ2) is 2.25. The minimum absolute atomic E-state index is 0.310. The number of rotatable bonds is 0. The zero-order valence-corrected chi connectivity index (χ0v) is 6.92.